The number of nitriles is 1. The van der Waals surface area contributed by atoms with E-state index in [0.29, 0.717) is 13.0 Å². The van der Waals surface area contributed by atoms with Crippen molar-refractivity contribution in [3.8, 4) is 6.07 Å². The molecule has 0 aliphatic heterocycles. The second-order valence-corrected chi connectivity index (χ2v) is 3.88. The molecule has 7 heteroatoms. The number of nitrogens with zero attached hydrogens (tertiary/aromatic N) is 4. The Bertz CT molecular complexity index is 716. The van der Waals surface area contributed by atoms with Crippen molar-refractivity contribution < 1.29 is 0 Å². The molecule has 18 heavy (non-hydrogen) atoms. The van der Waals surface area contributed by atoms with Gasteiger partial charge < -0.3 is 0 Å². The molecule has 0 spiro atoms. The van der Waals surface area contributed by atoms with Gasteiger partial charge >= 0.3 is 5.69 Å². The van der Waals surface area contributed by atoms with E-state index >= 15 is 0 Å². The van der Waals surface area contributed by atoms with Crippen molar-refractivity contribution in [3.05, 3.63) is 50.6 Å². The maximum Gasteiger partial charge on any atom is 0.328 e. The van der Waals surface area contributed by atoms with E-state index in [2.05, 4.69) is 10.1 Å². The molecule has 92 valence electrons. The average Bonchev–Trinajstić information content (AvgIpc) is 2.74. The van der Waals surface area contributed by atoms with E-state index in [1.54, 1.807) is 16.9 Å². The Balaban J connectivity index is 2.22. The molecule has 0 aliphatic rings. The fourth-order valence-electron chi connectivity index (χ4n) is 1.61. The van der Waals surface area contributed by atoms with Gasteiger partial charge in [-0.1, -0.05) is 0 Å². The zero-order valence-electron chi connectivity index (χ0n) is 9.75. The highest BCUT2D eigenvalue weighted by atomic mass is 16.2. The lowest BCUT2D eigenvalue weighted by Crippen LogP contribution is -2.31. The van der Waals surface area contributed by atoms with Crippen molar-refractivity contribution in [3.63, 3.8) is 0 Å². The van der Waals surface area contributed by atoms with E-state index in [-0.39, 0.29) is 5.56 Å². The van der Waals surface area contributed by atoms with Gasteiger partial charge in [-0.2, -0.15) is 10.4 Å². The Morgan fingerprint density at radius 3 is 2.83 bits per heavy atom. The second kappa shape index (κ2) is 4.71. The number of nitrogens with one attached hydrogen (secondary N) is 1. The molecule has 0 bridgehead atoms. The van der Waals surface area contributed by atoms with Crippen LogP contribution in [0.1, 0.15) is 11.1 Å². The van der Waals surface area contributed by atoms with Crippen molar-refractivity contribution >= 4 is 0 Å². The molecule has 1 N–H and O–H groups in total. The fourth-order valence-corrected chi connectivity index (χ4v) is 1.61. The minimum atomic E-state index is -0.653. The summed E-state index contributed by atoms with van der Waals surface area (Å²) in [4.78, 5) is 24.8. The van der Waals surface area contributed by atoms with Gasteiger partial charge in [0.05, 0.1) is 6.20 Å². The van der Waals surface area contributed by atoms with Gasteiger partial charge in [0.25, 0.3) is 5.56 Å². The van der Waals surface area contributed by atoms with Crippen LogP contribution in [0.2, 0.25) is 0 Å². The zero-order chi connectivity index (χ0) is 13.1. The van der Waals surface area contributed by atoms with Crippen LogP contribution in [0, 0.1) is 11.3 Å². The van der Waals surface area contributed by atoms with Gasteiger partial charge in [-0.15, -0.1) is 0 Å². The molecule has 0 aliphatic carbocycles. The van der Waals surface area contributed by atoms with Crippen LogP contribution in [0.25, 0.3) is 0 Å². The number of H-pyrrole nitrogens is 1. The minimum Gasteiger partial charge on any atom is -0.299 e. The lowest BCUT2D eigenvalue weighted by Gasteiger charge is -2.03. The third kappa shape index (κ3) is 2.38. The van der Waals surface area contributed by atoms with E-state index in [0.717, 1.165) is 5.56 Å². The first-order valence-electron chi connectivity index (χ1n) is 5.31. The van der Waals surface area contributed by atoms with Crippen LogP contribution in [0.4, 0.5) is 0 Å². The number of hydrogen-bond acceptors (Lipinski definition) is 4. The monoisotopic (exact) mass is 245 g/mol. The van der Waals surface area contributed by atoms with Crippen LogP contribution in [-0.4, -0.2) is 19.3 Å². The standard InChI is InChI=1S/C11H11N5O2/c1-15-6-8(5-13-15)2-3-16-7-9(4-12)10(17)14-11(16)18/h5-7H,2-3H2,1H3,(H,14,17,18). The average molecular weight is 245 g/mol. The molecular formula is C11H11N5O2. The third-order valence-electron chi connectivity index (χ3n) is 2.53. The molecule has 0 atom stereocenters. The molecular weight excluding hydrogens is 234 g/mol. The molecule has 2 aromatic rings. The molecule has 0 saturated carbocycles. The molecule has 7 nitrogen and oxygen atoms in total. The molecule has 0 unspecified atom stereocenters. The fraction of sp³-hybridized carbons (Fsp3) is 0.273. The van der Waals surface area contributed by atoms with Crippen LogP contribution >= 0.6 is 0 Å². The van der Waals surface area contributed by atoms with Crippen LogP contribution in [0.5, 0.6) is 0 Å². The summed E-state index contributed by atoms with van der Waals surface area (Å²) in [7, 11) is 1.81. The molecule has 0 saturated heterocycles. The summed E-state index contributed by atoms with van der Waals surface area (Å²) in [5.41, 5.74) is -0.252. The summed E-state index contributed by atoms with van der Waals surface area (Å²) in [5, 5.41) is 12.7. The molecule has 0 fully saturated rings. The highest BCUT2D eigenvalue weighted by Gasteiger charge is 2.04. The van der Waals surface area contributed by atoms with Crippen LogP contribution in [0.3, 0.4) is 0 Å². The number of aromatic amines is 1. The van der Waals surface area contributed by atoms with Crippen LogP contribution in [0.15, 0.2) is 28.2 Å². The topological polar surface area (TPSA) is 96.5 Å². The first kappa shape index (κ1) is 11.9. The Morgan fingerprint density at radius 2 is 2.22 bits per heavy atom. The molecule has 2 aromatic heterocycles. The minimum absolute atomic E-state index is 0.0687. The first-order chi connectivity index (χ1) is 8.60. The van der Waals surface area contributed by atoms with E-state index in [4.69, 9.17) is 5.26 Å². The lowest BCUT2D eigenvalue weighted by molar-refractivity contribution is 0.643. The number of hydrogen-bond donors (Lipinski definition) is 1. The summed E-state index contributed by atoms with van der Waals surface area (Å²) >= 11 is 0. The van der Waals surface area contributed by atoms with Gasteiger partial charge in [-0.25, -0.2) is 4.79 Å². The van der Waals surface area contributed by atoms with E-state index in [9.17, 15) is 9.59 Å². The van der Waals surface area contributed by atoms with Gasteiger partial charge in [0.1, 0.15) is 11.6 Å². The van der Waals surface area contributed by atoms with Gasteiger partial charge in [0.2, 0.25) is 0 Å². The summed E-state index contributed by atoms with van der Waals surface area (Å²) in [6.07, 6.45) is 5.44. The number of aryl methyl sites for hydroxylation is 3. The van der Waals surface area contributed by atoms with Crippen molar-refractivity contribution in [1.29, 1.82) is 5.26 Å². The van der Waals surface area contributed by atoms with Crippen molar-refractivity contribution in [2.24, 2.45) is 7.05 Å². The normalized spacial score (nSPS) is 10.2. The highest BCUT2D eigenvalue weighted by Crippen LogP contribution is 1.99. The first-order valence-corrected chi connectivity index (χ1v) is 5.31. The second-order valence-electron chi connectivity index (χ2n) is 3.88. The molecule has 2 heterocycles. The van der Waals surface area contributed by atoms with Gasteiger partial charge in [-0.3, -0.25) is 19.0 Å². The summed E-state index contributed by atoms with van der Waals surface area (Å²) in [5.74, 6) is 0. The van der Waals surface area contributed by atoms with E-state index < -0.39 is 11.2 Å². The largest absolute Gasteiger partial charge is 0.328 e. The lowest BCUT2D eigenvalue weighted by atomic mass is 10.2. The van der Waals surface area contributed by atoms with Crippen LogP contribution < -0.4 is 11.2 Å². The quantitative estimate of drug-likeness (QED) is 0.779. The molecule has 2 rings (SSSR count). The third-order valence-corrected chi connectivity index (χ3v) is 2.53. The molecule has 0 amide bonds. The number of rotatable bonds is 3. The van der Waals surface area contributed by atoms with E-state index in [1.165, 1.54) is 10.8 Å². The highest BCUT2D eigenvalue weighted by molar-refractivity contribution is 5.21. The van der Waals surface area contributed by atoms with Gasteiger partial charge in [-0.05, 0) is 12.0 Å². The SMILES string of the molecule is Cn1cc(CCn2cc(C#N)c(=O)[nH]c2=O)cn1. The Morgan fingerprint density at radius 1 is 1.44 bits per heavy atom. The van der Waals surface area contributed by atoms with Gasteiger partial charge in [0, 0.05) is 26.0 Å². The predicted octanol–water partition coefficient (Wildman–Crippen LogP) is -0.616. The van der Waals surface area contributed by atoms with Crippen molar-refractivity contribution in [2.75, 3.05) is 0 Å². The summed E-state index contributed by atoms with van der Waals surface area (Å²) in [6, 6.07) is 1.75. The maximum atomic E-state index is 11.5. The van der Waals surface area contributed by atoms with Crippen molar-refractivity contribution in [1.82, 2.24) is 19.3 Å². The van der Waals surface area contributed by atoms with Crippen LogP contribution in [-0.2, 0) is 20.0 Å². The Kier molecular flexibility index (Phi) is 3.10. The summed E-state index contributed by atoms with van der Waals surface area (Å²) < 4.78 is 2.98. The molecule has 0 radical (unpaired) electrons. The Hall–Kier alpha value is -2.62. The zero-order valence-corrected chi connectivity index (χ0v) is 9.75. The van der Waals surface area contributed by atoms with Gasteiger partial charge in [0.15, 0.2) is 0 Å². The van der Waals surface area contributed by atoms with E-state index in [1.807, 2.05) is 13.2 Å². The maximum absolute atomic E-state index is 11.5. The molecule has 0 aromatic carbocycles. The predicted molar refractivity (Wildman–Crippen MR) is 62.9 cm³/mol. The smallest absolute Gasteiger partial charge is 0.299 e. The Labute approximate surface area is 102 Å². The van der Waals surface area contributed by atoms with Crippen molar-refractivity contribution in [2.45, 2.75) is 13.0 Å². The number of aromatic nitrogens is 4. The summed E-state index contributed by atoms with van der Waals surface area (Å²) in [6.45, 7) is 0.385.